The fraction of sp³-hybridized carbons (Fsp3) is 0.103. The van der Waals surface area contributed by atoms with Crippen LogP contribution in [0.15, 0.2) is 95.6 Å². The second-order valence-electron chi connectivity index (χ2n) is 8.64. The fourth-order valence-electron chi connectivity index (χ4n) is 4.32. The molecule has 174 valence electrons. The van der Waals surface area contributed by atoms with E-state index in [0.717, 1.165) is 31.7 Å². The van der Waals surface area contributed by atoms with Gasteiger partial charge in [-0.2, -0.15) is 0 Å². The quantitative estimate of drug-likeness (QED) is 0.231. The number of aromatic nitrogens is 1. The van der Waals surface area contributed by atoms with E-state index in [-0.39, 0.29) is 17.9 Å². The maximum absolute atomic E-state index is 13.2. The highest BCUT2D eigenvalue weighted by Crippen LogP contribution is 2.24. The summed E-state index contributed by atoms with van der Waals surface area (Å²) in [5, 5.41) is 9.20. The number of carbonyl (C=O) groups is 2. The number of nitrogens with one attached hydrogen (secondary N) is 3. The van der Waals surface area contributed by atoms with Gasteiger partial charge in [-0.1, -0.05) is 64.5 Å². The second-order valence-corrected chi connectivity index (χ2v) is 9.56. The number of benzene rings is 4. The van der Waals surface area contributed by atoms with Crippen LogP contribution in [0.2, 0.25) is 0 Å². The molecule has 0 saturated carbocycles. The van der Waals surface area contributed by atoms with Crippen LogP contribution < -0.4 is 10.6 Å². The first-order valence-corrected chi connectivity index (χ1v) is 12.2. The molecule has 1 unspecified atom stereocenters. The zero-order valence-electron chi connectivity index (χ0n) is 19.1. The summed E-state index contributed by atoms with van der Waals surface area (Å²) < 4.78 is 0.760. The molecule has 0 spiro atoms. The number of carbonyl (C=O) groups excluding carboxylic acids is 2. The van der Waals surface area contributed by atoms with Crippen molar-refractivity contribution in [2.45, 2.75) is 19.4 Å². The molecule has 1 atom stereocenters. The Bertz CT molecular complexity index is 1560. The molecule has 0 fully saturated rings. The molecule has 0 bridgehead atoms. The number of aromatic amines is 1. The van der Waals surface area contributed by atoms with E-state index in [4.69, 9.17) is 0 Å². The normalized spacial score (nSPS) is 11.9. The van der Waals surface area contributed by atoms with Crippen LogP contribution >= 0.6 is 15.9 Å². The van der Waals surface area contributed by atoms with Crippen LogP contribution in [-0.4, -0.2) is 22.8 Å². The molecule has 0 aliphatic rings. The van der Waals surface area contributed by atoms with Crippen LogP contribution in [0.25, 0.3) is 21.7 Å². The van der Waals surface area contributed by atoms with Crippen molar-refractivity contribution in [1.29, 1.82) is 0 Å². The molecule has 0 saturated heterocycles. The van der Waals surface area contributed by atoms with Crippen LogP contribution in [0.5, 0.6) is 0 Å². The van der Waals surface area contributed by atoms with Crippen molar-refractivity contribution in [2.24, 2.45) is 0 Å². The Kier molecular flexibility index (Phi) is 6.38. The van der Waals surface area contributed by atoms with E-state index >= 15 is 0 Å². The number of H-pyrrole nitrogens is 1. The Hall–Kier alpha value is -3.90. The van der Waals surface area contributed by atoms with Crippen molar-refractivity contribution < 1.29 is 9.59 Å². The lowest BCUT2D eigenvalue weighted by atomic mass is 10.0. The molecular formula is C29H24BrN3O2. The predicted octanol–water partition coefficient (Wildman–Crippen LogP) is 6.70. The predicted molar refractivity (Wildman–Crippen MR) is 145 cm³/mol. The minimum absolute atomic E-state index is 0.107. The zero-order chi connectivity index (χ0) is 24.4. The Labute approximate surface area is 211 Å². The topological polar surface area (TPSA) is 74.0 Å². The molecular weight excluding hydrogens is 502 g/mol. The lowest BCUT2D eigenvalue weighted by Gasteiger charge is -2.16. The second kappa shape index (κ2) is 9.76. The smallest absolute Gasteiger partial charge is 0.255 e. The largest absolute Gasteiger partial charge is 0.361 e. The summed E-state index contributed by atoms with van der Waals surface area (Å²) in [6.45, 7) is 1.98. The van der Waals surface area contributed by atoms with Crippen LogP contribution in [0, 0.1) is 0 Å². The molecule has 5 rings (SSSR count). The van der Waals surface area contributed by atoms with E-state index in [0.29, 0.717) is 23.2 Å². The summed E-state index contributed by atoms with van der Waals surface area (Å²) in [5.74, 6) is -0.508. The highest BCUT2D eigenvalue weighted by atomic mass is 79.9. The van der Waals surface area contributed by atoms with Gasteiger partial charge in [-0.3, -0.25) is 9.59 Å². The van der Waals surface area contributed by atoms with Crippen molar-refractivity contribution in [1.82, 2.24) is 10.3 Å². The molecule has 0 aliphatic carbocycles. The lowest BCUT2D eigenvalue weighted by molar-refractivity contribution is 0.0941. The molecule has 1 heterocycles. The van der Waals surface area contributed by atoms with Gasteiger partial charge in [0.15, 0.2) is 0 Å². The average molecular weight is 526 g/mol. The Morgan fingerprint density at radius 1 is 0.886 bits per heavy atom. The molecule has 2 amide bonds. The highest BCUT2D eigenvalue weighted by molar-refractivity contribution is 9.10. The Balaban J connectivity index is 1.33. The zero-order valence-corrected chi connectivity index (χ0v) is 20.7. The van der Waals surface area contributed by atoms with Gasteiger partial charge in [-0.25, -0.2) is 0 Å². The first-order valence-electron chi connectivity index (χ1n) is 11.4. The van der Waals surface area contributed by atoms with Gasteiger partial charge >= 0.3 is 0 Å². The van der Waals surface area contributed by atoms with Crippen molar-refractivity contribution in [3.63, 3.8) is 0 Å². The number of amides is 2. The van der Waals surface area contributed by atoms with Crippen LogP contribution in [0.1, 0.15) is 33.2 Å². The van der Waals surface area contributed by atoms with Gasteiger partial charge < -0.3 is 15.6 Å². The minimum Gasteiger partial charge on any atom is -0.361 e. The van der Waals surface area contributed by atoms with Gasteiger partial charge in [0.1, 0.15) is 0 Å². The third-order valence-electron chi connectivity index (χ3n) is 6.06. The molecule has 35 heavy (non-hydrogen) atoms. The first-order chi connectivity index (χ1) is 17.0. The molecule has 0 aliphatic heterocycles. The van der Waals surface area contributed by atoms with E-state index in [1.807, 2.05) is 73.8 Å². The van der Waals surface area contributed by atoms with Gasteiger partial charge in [0.2, 0.25) is 0 Å². The molecule has 0 radical (unpaired) electrons. The number of para-hydroxylation sites is 1. The SMILES string of the molecule is CC(Cc1c[nH]c2ccccc12)NC(=O)c1cc(Br)ccc1NC(=O)c1ccc2ccccc2c1. The average Bonchev–Trinajstić information content (AvgIpc) is 3.27. The van der Waals surface area contributed by atoms with Crippen LogP contribution in [0.3, 0.4) is 0 Å². The van der Waals surface area contributed by atoms with Gasteiger partial charge in [0.25, 0.3) is 11.8 Å². The first kappa shape index (κ1) is 22.9. The van der Waals surface area contributed by atoms with E-state index in [1.165, 1.54) is 0 Å². The molecule has 1 aromatic heterocycles. The van der Waals surface area contributed by atoms with Crippen molar-refractivity contribution in [3.05, 3.63) is 112 Å². The summed E-state index contributed by atoms with van der Waals surface area (Å²) in [4.78, 5) is 29.5. The maximum atomic E-state index is 13.2. The summed E-state index contributed by atoms with van der Waals surface area (Å²) in [6, 6.07) is 26.7. The third kappa shape index (κ3) is 4.98. The third-order valence-corrected chi connectivity index (χ3v) is 6.56. The number of hydrogen-bond donors (Lipinski definition) is 3. The molecule has 5 aromatic rings. The van der Waals surface area contributed by atoms with Crippen molar-refractivity contribution >= 4 is 55.1 Å². The van der Waals surface area contributed by atoms with Crippen LogP contribution in [0.4, 0.5) is 5.69 Å². The highest BCUT2D eigenvalue weighted by Gasteiger charge is 2.18. The number of hydrogen-bond acceptors (Lipinski definition) is 2. The van der Waals surface area contributed by atoms with Gasteiger partial charge in [-0.05, 0) is 66.1 Å². The number of anilines is 1. The summed E-state index contributed by atoms with van der Waals surface area (Å²) in [7, 11) is 0. The van der Waals surface area contributed by atoms with E-state index in [9.17, 15) is 9.59 Å². The number of halogens is 1. The molecule has 4 aromatic carbocycles. The van der Waals surface area contributed by atoms with Crippen molar-refractivity contribution in [2.75, 3.05) is 5.32 Å². The van der Waals surface area contributed by atoms with Crippen molar-refractivity contribution in [3.8, 4) is 0 Å². The Morgan fingerprint density at radius 3 is 2.51 bits per heavy atom. The summed E-state index contributed by atoms with van der Waals surface area (Å²) in [6.07, 6.45) is 2.67. The maximum Gasteiger partial charge on any atom is 0.255 e. The van der Waals surface area contributed by atoms with E-state index in [1.54, 1.807) is 18.2 Å². The summed E-state index contributed by atoms with van der Waals surface area (Å²) in [5.41, 5.74) is 3.62. The fourth-order valence-corrected chi connectivity index (χ4v) is 4.68. The lowest BCUT2D eigenvalue weighted by Crippen LogP contribution is -2.34. The van der Waals surface area contributed by atoms with Gasteiger partial charge in [0, 0.05) is 33.2 Å². The minimum atomic E-state index is -0.265. The number of rotatable bonds is 6. The van der Waals surface area contributed by atoms with E-state index in [2.05, 4.69) is 37.6 Å². The monoisotopic (exact) mass is 525 g/mol. The molecule has 5 nitrogen and oxygen atoms in total. The summed E-state index contributed by atoms with van der Waals surface area (Å²) >= 11 is 3.45. The Morgan fingerprint density at radius 2 is 1.66 bits per heavy atom. The number of fused-ring (bicyclic) bond motifs is 2. The van der Waals surface area contributed by atoms with E-state index < -0.39 is 0 Å². The van der Waals surface area contributed by atoms with Gasteiger partial charge in [0.05, 0.1) is 11.3 Å². The molecule has 3 N–H and O–H groups in total. The molecule has 6 heteroatoms. The van der Waals surface area contributed by atoms with Crippen LogP contribution in [-0.2, 0) is 6.42 Å². The standard InChI is InChI=1S/C29H24BrN3O2/c1-18(14-22-17-31-26-9-5-4-8-24(22)26)32-29(35)25-16-23(30)12-13-27(25)33-28(34)21-11-10-19-6-2-3-7-20(19)15-21/h2-13,15-18,31H,14H2,1H3,(H,32,35)(H,33,34). The van der Waals surface area contributed by atoms with Gasteiger partial charge in [-0.15, -0.1) is 0 Å².